The number of benzene rings is 1. The normalized spacial score (nSPS) is 21.1. The van der Waals surface area contributed by atoms with Gasteiger partial charge in [0, 0.05) is 12.1 Å². The number of carbonyl (C=O) groups excluding carboxylic acids is 1. The van der Waals surface area contributed by atoms with Gasteiger partial charge in [0.05, 0.1) is 5.69 Å². The van der Waals surface area contributed by atoms with Gasteiger partial charge in [0.1, 0.15) is 11.9 Å². The van der Waals surface area contributed by atoms with Crippen molar-refractivity contribution in [2.45, 2.75) is 32.7 Å². The van der Waals surface area contributed by atoms with Crippen LogP contribution >= 0.6 is 0 Å². The summed E-state index contributed by atoms with van der Waals surface area (Å²) in [6.07, 6.45) is 1.55. The molecule has 3 N–H and O–H groups in total. The molecule has 1 amide bonds. The van der Waals surface area contributed by atoms with Crippen LogP contribution in [0, 0.1) is 11.2 Å². The summed E-state index contributed by atoms with van der Waals surface area (Å²) in [6, 6.07) is 3.09. The lowest BCUT2D eigenvalue weighted by Gasteiger charge is -2.45. The lowest BCUT2D eigenvalue weighted by atomic mass is 9.76. The number of halogens is 1. The van der Waals surface area contributed by atoms with Crippen LogP contribution in [0.5, 0.6) is 0 Å². The molecule has 2 rings (SSSR count). The predicted molar refractivity (Wildman–Crippen MR) is 76.7 cm³/mol. The number of carboxylic acids is 1. The summed E-state index contributed by atoms with van der Waals surface area (Å²) < 4.78 is 14.2. The topological polar surface area (TPSA) is 83.6 Å². The minimum absolute atomic E-state index is 0.0689. The zero-order chi connectivity index (χ0) is 15.8. The molecule has 1 aromatic carbocycles. The molecule has 0 aromatic heterocycles. The Morgan fingerprint density at radius 1 is 1.43 bits per heavy atom. The van der Waals surface area contributed by atoms with Gasteiger partial charge in [0.2, 0.25) is 5.91 Å². The molecule has 0 radical (unpaired) electrons. The van der Waals surface area contributed by atoms with E-state index in [-0.39, 0.29) is 11.3 Å². The van der Waals surface area contributed by atoms with E-state index in [0.717, 1.165) is 18.9 Å². The highest BCUT2D eigenvalue weighted by Gasteiger charge is 2.43. The van der Waals surface area contributed by atoms with Gasteiger partial charge >= 0.3 is 5.97 Å². The zero-order valence-electron chi connectivity index (χ0n) is 12.1. The van der Waals surface area contributed by atoms with Gasteiger partial charge in [-0.3, -0.25) is 4.79 Å². The highest BCUT2D eigenvalue weighted by Crippen LogP contribution is 2.38. The van der Waals surface area contributed by atoms with E-state index in [4.69, 9.17) is 5.73 Å². The first-order valence-electron chi connectivity index (χ1n) is 6.83. The maximum absolute atomic E-state index is 14.2. The molecule has 114 valence electrons. The first kappa shape index (κ1) is 15.3. The van der Waals surface area contributed by atoms with E-state index in [1.54, 1.807) is 4.90 Å². The molecule has 1 unspecified atom stereocenters. The maximum atomic E-state index is 14.2. The first-order chi connectivity index (χ1) is 9.74. The SMILES string of the molecule is CC1(C)CCCN(c2ccc(C(N)=O)cc2F)C1C(=O)O. The molecular formula is C15H19FN2O3. The fourth-order valence-electron chi connectivity index (χ4n) is 3.01. The lowest BCUT2D eigenvalue weighted by Crippen LogP contribution is -2.54. The van der Waals surface area contributed by atoms with Crippen molar-refractivity contribution in [2.75, 3.05) is 11.4 Å². The van der Waals surface area contributed by atoms with Crippen LogP contribution in [0.25, 0.3) is 0 Å². The second-order valence-electron chi connectivity index (χ2n) is 6.06. The van der Waals surface area contributed by atoms with Crippen LogP contribution in [0.4, 0.5) is 10.1 Å². The number of aliphatic carboxylic acids is 1. The average Bonchev–Trinajstić information content (AvgIpc) is 2.36. The summed E-state index contributed by atoms with van der Waals surface area (Å²) in [7, 11) is 0. The number of carbonyl (C=O) groups is 2. The Morgan fingerprint density at radius 3 is 2.62 bits per heavy atom. The smallest absolute Gasteiger partial charge is 0.326 e. The quantitative estimate of drug-likeness (QED) is 0.893. The minimum atomic E-state index is -0.974. The second kappa shape index (κ2) is 5.35. The van der Waals surface area contributed by atoms with E-state index in [2.05, 4.69) is 0 Å². The molecular weight excluding hydrogens is 275 g/mol. The molecule has 1 aliphatic heterocycles. The number of hydrogen-bond donors (Lipinski definition) is 2. The number of rotatable bonds is 3. The largest absolute Gasteiger partial charge is 0.480 e. The van der Waals surface area contributed by atoms with E-state index in [9.17, 15) is 19.1 Å². The number of anilines is 1. The molecule has 1 aromatic rings. The number of hydrogen-bond acceptors (Lipinski definition) is 3. The fraction of sp³-hybridized carbons (Fsp3) is 0.467. The van der Waals surface area contributed by atoms with Crippen molar-refractivity contribution in [3.05, 3.63) is 29.6 Å². The number of amides is 1. The van der Waals surface area contributed by atoms with Crippen molar-refractivity contribution in [3.8, 4) is 0 Å². The third-order valence-electron chi connectivity index (χ3n) is 4.05. The summed E-state index contributed by atoms with van der Waals surface area (Å²) in [5.41, 5.74) is 4.92. The van der Waals surface area contributed by atoms with Gasteiger partial charge in [0.25, 0.3) is 0 Å². The Labute approximate surface area is 122 Å². The Bertz CT molecular complexity index is 586. The van der Waals surface area contributed by atoms with Crippen LogP contribution in [0.15, 0.2) is 18.2 Å². The Kier molecular flexibility index (Phi) is 3.89. The third-order valence-corrected chi connectivity index (χ3v) is 4.05. The fourth-order valence-corrected chi connectivity index (χ4v) is 3.01. The van der Waals surface area contributed by atoms with Gasteiger partial charge in [-0.2, -0.15) is 0 Å². The molecule has 1 aliphatic rings. The number of carboxylic acid groups (broad SMARTS) is 1. The molecule has 0 aliphatic carbocycles. The van der Waals surface area contributed by atoms with Gasteiger partial charge in [-0.1, -0.05) is 13.8 Å². The van der Waals surface area contributed by atoms with Gasteiger partial charge in [-0.15, -0.1) is 0 Å². The third kappa shape index (κ3) is 2.84. The molecule has 1 fully saturated rings. The summed E-state index contributed by atoms with van der Waals surface area (Å²) in [6.45, 7) is 4.20. The van der Waals surface area contributed by atoms with E-state index < -0.39 is 29.2 Å². The summed E-state index contributed by atoms with van der Waals surface area (Å²) in [5.74, 6) is -2.32. The van der Waals surface area contributed by atoms with Crippen LogP contribution in [0.1, 0.15) is 37.0 Å². The van der Waals surface area contributed by atoms with Crippen molar-refractivity contribution in [1.82, 2.24) is 0 Å². The van der Waals surface area contributed by atoms with Crippen LogP contribution in [-0.2, 0) is 4.79 Å². The molecule has 0 saturated carbocycles. The van der Waals surface area contributed by atoms with E-state index in [1.165, 1.54) is 12.1 Å². The molecule has 0 bridgehead atoms. The summed E-state index contributed by atoms with van der Waals surface area (Å²) in [4.78, 5) is 24.2. The van der Waals surface area contributed by atoms with Gasteiger partial charge in [-0.05, 0) is 36.5 Å². The van der Waals surface area contributed by atoms with Gasteiger partial charge in [0.15, 0.2) is 0 Å². The van der Waals surface area contributed by atoms with Crippen molar-refractivity contribution in [2.24, 2.45) is 11.1 Å². The molecule has 5 nitrogen and oxygen atoms in total. The number of primary amides is 1. The van der Waals surface area contributed by atoms with Gasteiger partial charge < -0.3 is 15.7 Å². The molecule has 1 heterocycles. The molecule has 0 spiro atoms. The standard InChI is InChI=1S/C15H19FN2O3/c1-15(2)6-3-7-18(12(15)14(20)21)11-5-4-9(13(17)19)8-10(11)16/h4-5,8,12H,3,6-7H2,1-2H3,(H2,17,19)(H,20,21). The van der Waals surface area contributed by atoms with Crippen LogP contribution in [-0.4, -0.2) is 29.6 Å². The summed E-state index contributed by atoms with van der Waals surface area (Å²) in [5, 5.41) is 9.50. The lowest BCUT2D eigenvalue weighted by molar-refractivity contribution is -0.142. The minimum Gasteiger partial charge on any atom is -0.480 e. The maximum Gasteiger partial charge on any atom is 0.326 e. The molecule has 1 saturated heterocycles. The molecule has 1 atom stereocenters. The zero-order valence-corrected chi connectivity index (χ0v) is 12.1. The number of piperidine rings is 1. The highest BCUT2D eigenvalue weighted by molar-refractivity contribution is 5.93. The van der Waals surface area contributed by atoms with Crippen LogP contribution in [0.2, 0.25) is 0 Å². The molecule has 21 heavy (non-hydrogen) atoms. The van der Waals surface area contributed by atoms with Gasteiger partial charge in [-0.25, -0.2) is 9.18 Å². The summed E-state index contributed by atoms with van der Waals surface area (Å²) >= 11 is 0. The first-order valence-corrected chi connectivity index (χ1v) is 6.83. The monoisotopic (exact) mass is 294 g/mol. The number of nitrogens with zero attached hydrogens (tertiary/aromatic N) is 1. The van der Waals surface area contributed by atoms with E-state index in [0.29, 0.717) is 6.54 Å². The Morgan fingerprint density at radius 2 is 2.10 bits per heavy atom. The predicted octanol–water partition coefficient (Wildman–Crippen LogP) is 2.00. The van der Waals surface area contributed by atoms with Crippen molar-refractivity contribution in [1.29, 1.82) is 0 Å². The molecule has 6 heteroatoms. The van der Waals surface area contributed by atoms with Crippen LogP contribution < -0.4 is 10.6 Å². The van der Waals surface area contributed by atoms with Crippen molar-refractivity contribution < 1.29 is 19.1 Å². The van der Waals surface area contributed by atoms with Crippen LogP contribution in [0.3, 0.4) is 0 Å². The van der Waals surface area contributed by atoms with Crippen molar-refractivity contribution >= 4 is 17.6 Å². The van der Waals surface area contributed by atoms with E-state index >= 15 is 0 Å². The van der Waals surface area contributed by atoms with Crippen molar-refractivity contribution in [3.63, 3.8) is 0 Å². The Hall–Kier alpha value is -2.11. The number of nitrogens with two attached hydrogens (primary N) is 1. The second-order valence-corrected chi connectivity index (χ2v) is 6.06. The average molecular weight is 294 g/mol. The highest BCUT2D eigenvalue weighted by atomic mass is 19.1. The Balaban J connectivity index is 2.44. The van der Waals surface area contributed by atoms with E-state index in [1.807, 2.05) is 13.8 Å².